The van der Waals surface area contributed by atoms with Gasteiger partial charge in [-0.3, -0.25) is 0 Å². The molecule has 0 spiro atoms. The summed E-state index contributed by atoms with van der Waals surface area (Å²) < 4.78 is 6.65. The van der Waals surface area contributed by atoms with Gasteiger partial charge in [0.1, 0.15) is 11.6 Å². The minimum absolute atomic E-state index is 0.319. The first-order chi connectivity index (χ1) is 10.2. The molecule has 0 fully saturated rings. The van der Waals surface area contributed by atoms with Gasteiger partial charge in [0.2, 0.25) is 0 Å². The number of aromatic nitrogens is 4. The molecule has 0 unspecified atom stereocenters. The molecule has 2 heterocycles. The Kier molecular flexibility index (Phi) is 3.45. The first-order valence-electron chi connectivity index (χ1n) is 6.17. The third-order valence-corrected chi connectivity index (χ3v) is 3.16. The average molecular weight is 302 g/mol. The summed E-state index contributed by atoms with van der Waals surface area (Å²) in [4.78, 5) is 0. The summed E-state index contributed by atoms with van der Waals surface area (Å²) in [7, 11) is 1.63. The Hall–Kier alpha value is -2.60. The Bertz CT molecular complexity index is 752. The molecule has 0 saturated heterocycles. The van der Waals surface area contributed by atoms with Crippen molar-refractivity contribution >= 4 is 17.4 Å². The number of rotatable bonds is 3. The molecular formula is C14H12ClN5O. The number of hydrogen-bond acceptors (Lipinski definition) is 5. The molecule has 7 heteroatoms. The van der Waals surface area contributed by atoms with E-state index in [4.69, 9.17) is 22.1 Å². The van der Waals surface area contributed by atoms with E-state index in [1.165, 1.54) is 4.68 Å². The van der Waals surface area contributed by atoms with E-state index in [2.05, 4.69) is 15.3 Å². The molecule has 2 N–H and O–H groups in total. The Morgan fingerprint density at radius 2 is 1.86 bits per heavy atom. The summed E-state index contributed by atoms with van der Waals surface area (Å²) in [5, 5.41) is 12.5. The summed E-state index contributed by atoms with van der Waals surface area (Å²) in [5.74, 6) is 1.77. The fourth-order valence-electron chi connectivity index (χ4n) is 1.90. The second kappa shape index (κ2) is 5.41. The van der Waals surface area contributed by atoms with Gasteiger partial charge in [-0.25, -0.2) is 0 Å². The summed E-state index contributed by atoms with van der Waals surface area (Å²) >= 11 is 5.72. The van der Waals surface area contributed by atoms with Gasteiger partial charge in [-0.2, -0.15) is 9.78 Å². The van der Waals surface area contributed by atoms with Crippen LogP contribution in [0.2, 0.25) is 5.15 Å². The van der Waals surface area contributed by atoms with Crippen molar-refractivity contribution in [1.29, 1.82) is 0 Å². The van der Waals surface area contributed by atoms with Crippen LogP contribution < -0.4 is 10.5 Å². The molecule has 0 radical (unpaired) electrons. The molecular weight excluding hydrogens is 290 g/mol. The van der Waals surface area contributed by atoms with E-state index in [0.717, 1.165) is 17.0 Å². The van der Waals surface area contributed by atoms with Crippen molar-refractivity contribution in [1.82, 2.24) is 20.0 Å². The average Bonchev–Trinajstić information content (AvgIpc) is 2.90. The lowest BCUT2D eigenvalue weighted by Gasteiger charge is -2.02. The van der Waals surface area contributed by atoms with Crippen LogP contribution in [0.4, 0.5) is 5.82 Å². The number of nitrogens with zero attached hydrogens (tertiary/aromatic N) is 4. The lowest BCUT2D eigenvalue weighted by molar-refractivity contribution is 0.415. The van der Waals surface area contributed by atoms with Crippen LogP contribution in [-0.2, 0) is 0 Å². The smallest absolute Gasteiger partial charge is 0.178 e. The number of nitrogen functional groups attached to an aromatic ring is 1. The van der Waals surface area contributed by atoms with Gasteiger partial charge in [-0.15, -0.1) is 10.2 Å². The molecule has 3 aromatic rings. The molecule has 0 bridgehead atoms. The Morgan fingerprint density at radius 1 is 1.10 bits per heavy atom. The monoisotopic (exact) mass is 301 g/mol. The van der Waals surface area contributed by atoms with Crippen LogP contribution in [0.1, 0.15) is 0 Å². The topological polar surface area (TPSA) is 78.9 Å². The zero-order chi connectivity index (χ0) is 14.8. The van der Waals surface area contributed by atoms with Crippen molar-refractivity contribution in [3.63, 3.8) is 0 Å². The van der Waals surface area contributed by atoms with Gasteiger partial charge in [-0.05, 0) is 36.4 Å². The Balaban J connectivity index is 1.98. The Labute approximate surface area is 126 Å². The van der Waals surface area contributed by atoms with Crippen molar-refractivity contribution in [2.75, 3.05) is 12.8 Å². The maximum atomic E-state index is 5.98. The molecule has 0 atom stereocenters. The van der Waals surface area contributed by atoms with Crippen LogP contribution in [0.25, 0.3) is 17.1 Å². The molecule has 1 aromatic carbocycles. The number of halogens is 1. The standard InChI is InChI=1S/C14H12ClN5O/c1-21-10-4-2-9(3-5-10)11-8-13(16)20(19-11)14-7-6-12(15)17-18-14/h2-8H,16H2,1H3. The predicted molar refractivity (Wildman–Crippen MR) is 80.6 cm³/mol. The molecule has 3 rings (SSSR count). The van der Waals surface area contributed by atoms with E-state index in [0.29, 0.717) is 16.8 Å². The molecule has 6 nitrogen and oxygen atoms in total. The van der Waals surface area contributed by atoms with Crippen LogP contribution in [-0.4, -0.2) is 27.1 Å². The number of ether oxygens (including phenoxy) is 1. The summed E-state index contributed by atoms with van der Waals surface area (Å²) in [5.41, 5.74) is 7.66. The second-order valence-electron chi connectivity index (χ2n) is 4.31. The lowest BCUT2D eigenvalue weighted by atomic mass is 10.1. The minimum atomic E-state index is 0.319. The van der Waals surface area contributed by atoms with Gasteiger partial charge >= 0.3 is 0 Å². The zero-order valence-electron chi connectivity index (χ0n) is 11.2. The number of hydrogen-bond donors (Lipinski definition) is 1. The predicted octanol–water partition coefficient (Wildman–Crippen LogP) is 2.57. The van der Waals surface area contributed by atoms with Gasteiger partial charge < -0.3 is 10.5 Å². The van der Waals surface area contributed by atoms with E-state index in [1.807, 2.05) is 24.3 Å². The SMILES string of the molecule is COc1ccc(-c2cc(N)n(-c3ccc(Cl)nn3)n2)cc1. The maximum Gasteiger partial charge on any atom is 0.178 e. The number of methoxy groups -OCH3 is 1. The van der Waals surface area contributed by atoms with E-state index in [9.17, 15) is 0 Å². The molecule has 0 saturated carbocycles. The van der Waals surface area contributed by atoms with Gasteiger partial charge in [0.05, 0.1) is 12.8 Å². The van der Waals surface area contributed by atoms with E-state index in [1.54, 1.807) is 25.3 Å². The van der Waals surface area contributed by atoms with E-state index < -0.39 is 0 Å². The van der Waals surface area contributed by atoms with Crippen molar-refractivity contribution in [3.8, 4) is 22.8 Å². The molecule has 106 valence electrons. The van der Waals surface area contributed by atoms with E-state index >= 15 is 0 Å². The molecule has 0 aliphatic heterocycles. The highest BCUT2D eigenvalue weighted by molar-refractivity contribution is 6.29. The first kappa shape index (κ1) is 13.4. The van der Waals surface area contributed by atoms with Crippen molar-refractivity contribution in [2.24, 2.45) is 0 Å². The third-order valence-electron chi connectivity index (χ3n) is 2.96. The summed E-state index contributed by atoms with van der Waals surface area (Å²) in [6, 6.07) is 12.7. The largest absolute Gasteiger partial charge is 0.497 e. The number of anilines is 1. The van der Waals surface area contributed by atoms with Gasteiger partial charge in [0.25, 0.3) is 0 Å². The second-order valence-corrected chi connectivity index (χ2v) is 4.70. The summed E-state index contributed by atoms with van der Waals surface area (Å²) in [6.07, 6.45) is 0. The molecule has 0 amide bonds. The van der Waals surface area contributed by atoms with Crippen molar-refractivity contribution in [3.05, 3.63) is 47.6 Å². The Morgan fingerprint density at radius 3 is 2.48 bits per heavy atom. The van der Waals surface area contributed by atoms with Crippen LogP contribution in [0.15, 0.2) is 42.5 Å². The fourth-order valence-corrected chi connectivity index (χ4v) is 2.00. The van der Waals surface area contributed by atoms with Crippen LogP contribution in [0.5, 0.6) is 5.75 Å². The molecule has 2 aromatic heterocycles. The summed E-state index contributed by atoms with van der Waals surface area (Å²) in [6.45, 7) is 0. The highest BCUT2D eigenvalue weighted by Gasteiger charge is 2.10. The normalized spacial score (nSPS) is 10.6. The van der Waals surface area contributed by atoms with Gasteiger partial charge in [0, 0.05) is 11.6 Å². The molecule has 0 aliphatic rings. The van der Waals surface area contributed by atoms with Crippen molar-refractivity contribution in [2.45, 2.75) is 0 Å². The lowest BCUT2D eigenvalue weighted by Crippen LogP contribution is -2.04. The van der Waals surface area contributed by atoms with Crippen LogP contribution in [0.3, 0.4) is 0 Å². The molecule has 21 heavy (non-hydrogen) atoms. The van der Waals surface area contributed by atoms with Crippen LogP contribution in [0, 0.1) is 0 Å². The number of benzene rings is 1. The first-order valence-corrected chi connectivity index (χ1v) is 6.55. The minimum Gasteiger partial charge on any atom is -0.497 e. The highest BCUT2D eigenvalue weighted by atomic mass is 35.5. The van der Waals surface area contributed by atoms with Gasteiger partial charge in [-0.1, -0.05) is 11.6 Å². The fraction of sp³-hybridized carbons (Fsp3) is 0.0714. The van der Waals surface area contributed by atoms with Crippen molar-refractivity contribution < 1.29 is 4.74 Å². The zero-order valence-corrected chi connectivity index (χ0v) is 11.9. The van der Waals surface area contributed by atoms with Crippen LogP contribution >= 0.6 is 11.6 Å². The van der Waals surface area contributed by atoms with Gasteiger partial charge in [0.15, 0.2) is 11.0 Å². The highest BCUT2D eigenvalue weighted by Crippen LogP contribution is 2.24. The molecule has 0 aliphatic carbocycles. The maximum absolute atomic E-state index is 5.98. The quantitative estimate of drug-likeness (QED) is 0.804. The number of nitrogens with two attached hydrogens (primary N) is 1. The van der Waals surface area contributed by atoms with E-state index in [-0.39, 0.29) is 0 Å². The third kappa shape index (κ3) is 2.66.